The van der Waals surface area contributed by atoms with E-state index in [9.17, 15) is 0 Å². The van der Waals surface area contributed by atoms with Gasteiger partial charge in [0.2, 0.25) is 0 Å². The minimum Gasteiger partial charge on any atom is -0.377 e. The Morgan fingerprint density at radius 2 is 1.65 bits per heavy atom. The first kappa shape index (κ1) is 12.3. The average molecular weight is 266 g/mol. The lowest BCUT2D eigenvalue weighted by molar-refractivity contribution is 0.885. The van der Waals surface area contributed by atoms with Crippen LogP contribution in [0.15, 0.2) is 48.5 Å². The van der Waals surface area contributed by atoms with Crippen molar-refractivity contribution in [2.45, 2.75) is 13.0 Å². The molecule has 0 aliphatic heterocycles. The molecule has 3 heteroatoms. The number of hydrogen-bond acceptors (Lipinski definition) is 1. The second kappa shape index (κ2) is 5.44. The molecule has 0 spiro atoms. The third-order valence-electron chi connectivity index (χ3n) is 2.62. The number of rotatable bonds is 3. The summed E-state index contributed by atoms with van der Waals surface area (Å²) in [5.41, 5.74) is 2.07. The Morgan fingerprint density at radius 1 is 0.941 bits per heavy atom. The lowest BCUT2D eigenvalue weighted by atomic mass is 10.1. The summed E-state index contributed by atoms with van der Waals surface area (Å²) in [6.45, 7) is 2.09. The first-order chi connectivity index (χ1) is 8.18. The Morgan fingerprint density at radius 3 is 2.35 bits per heavy atom. The van der Waals surface area contributed by atoms with E-state index in [-0.39, 0.29) is 6.04 Å². The van der Waals surface area contributed by atoms with Crippen molar-refractivity contribution in [2.24, 2.45) is 0 Å². The van der Waals surface area contributed by atoms with Crippen LogP contribution in [0.4, 0.5) is 5.69 Å². The molecule has 0 bridgehead atoms. The Kier molecular flexibility index (Phi) is 3.93. The second-order valence-corrected chi connectivity index (χ2v) is 4.66. The summed E-state index contributed by atoms with van der Waals surface area (Å²) in [5.74, 6) is 0. The van der Waals surface area contributed by atoms with Crippen molar-refractivity contribution in [1.29, 1.82) is 0 Å². The third kappa shape index (κ3) is 2.93. The summed E-state index contributed by atoms with van der Waals surface area (Å²) in [7, 11) is 0. The van der Waals surface area contributed by atoms with Crippen LogP contribution in [-0.4, -0.2) is 0 Å². The molecule has 17 heavy (non-hydrogen) atoms. The van der Waals surface area contributed by atoms with Gasteiger partial charge in [-0.1, -0.05) is 59.6 Å². The monoisotopic (exact) mass is 265 g/mol. The molecule has 0 fully saturated rings. The molecule has 0 radical (unpaired) electrons. The molecular weight excluding hydrogens is 253 g/mol. The molecule has 1 nitrogen and oxygen atoms in total. The van der Waals surface area contributed by atoms with Crippen molar-refractivity contribution in [3.63, 3.8) is 0 Å². The highest BCUT2D eigenvalue weighted by Crippen LogP contribution is 2.31. The summed E-state index contributed by atoms with van der Waals surface area (Å²) in [6, 6.07) is 16.0. The molecule has 1 unspecified atom stereocenters. The van der Waals surface area contributed by atoms with Crippen molar-refractivity contribution < 1.29 is 0 Å². The van der Waals surface area contributed by atoms with Crippen LogP contribution in [-0.2, 0) is 0 Å². The summed E-state index contributed by atoms with van der Waals surface area (Å²) >= 11 is 12.1. The molecule has 0 heterocycles. The lowest BCUT2D eigenvalue weighted by Gasteiger charge is -2.17. The maximum Gasteiger partial charge on any atom is 0.0823 e. The van der Waals surface area contributed by atoms with E-state index >= 15 is 0 Å². The van der Waals surface area contributed by atoms with Crippen LogP contribution in [0.3, 0.4) is 0 Å². The average Bonchev–Trinajstić information content (AvgIpc) is 2.36. The maximum atomic E-state index is 6.13. The van der Waals surface area contributed by atoms with Gasteiger partial charge in [-0.3, -0.25) is 0 Å². The van der Waals surface area contributed by atoms with Crippen LogP contribution >= 0.6 is 23.2 Å². The van der Waals surface area contributed by atoms with Crippen molar-refractivity contribution >= 4 is 28.9 Å². The second-order valence-electron chi connectivity index (χ2n) is 3.88. The van der Waals surface area contributed by atoms with E-state index in [2.05, 4.69) is 24.4 Å². The van der Waals surface area contributed by atoms with Gasteiger partial charge in [0, 0.05) is 6.04 Å². The van der Waals surface area contributed by atoms with Gasteiger partial charge in [-0.2, -0.15) is 0 Å². The molecule has 2 rings (SSSR count). The van der Waals surface area contributed by atoms with Crippen molar-refractivity contribution in [3.8, 4) is 0 Å². The molecule has 0 saturated heterocycles. The fraction of sp³-hybridized carbons (Fsp3) is 0.143. The normalized spacial score (nSPS) is 12.2. The van der Waals surface area contributed by atoms with Crippen LogP contribution in [0, 0.1) is 0 Å². The van der Waals surface area contributed by atoms with Crippen molar-refractivity contribution in [3.05, 3.63) is 64.1 Å². The molecular formula is C14H13Cl2N. The van der Waals surface area contributed by atoms with Crippen molar-refractivity contribution in [1.82, 2.24) is 0 Å². The molecule has 0 aromatic heterocycles. The quantitative estimate of drug-likeness (QED) is 0.808. The number of anilines is 1. The molecule has 88 valence electrons. The highest BCUT2D eigenvalue weighted by Gasteiger charge is 2.08. The van der Waals surface area contributed by atoms with E-state index in [0.717, 1.165) is 5.69 Å². The summed E-state index contributed by atoms with van der Waals surface area (Å²) in [4.78, 5) is 0. The Balaban J connectivity index is 2.19. The lowest BCUT2D eigenvalue weighted by Crippen LogP contribution is -2.06. The highest BCUT2D eigenvalue weighted by molar-refractivity contribution is 6.43. The van der Waals surface area contributed by atoms with Crippen LogP contribution in [0.2, 0.25) is 10.0 Å². The van der Waals surface area contributed by atoms with Gasteiger partial charge in [-0.05, 0) is 24.6 Å². The Hall–Kier alpha value is -1.18. The number of benzene rings is 2. The smallest absolute Gasteiger partial charge is 0.0823 e. The Labute approximate surface area is 111 Å². The van der Waals surface area contributed by atoms with Gasteiger partial charge in [0.1, 0.15) is 0 Å². The van der Waals surface area contributed by atoms with Crippen LogP contribution < -0.4 is 5.32 Å². The standard InChI is InChI=1S/C14H13Cl2N/c1-10(11-6-3-2-4-7-11)17-13-9-5-8-12(15)14(13)16/h2-10,17H,1H3. The van der Waals surface area contributed by atoms with Gasteiger partial charge < -0.3 is 5.32 Å². The minimum atomic E-state index is 0.187. The molecule has 2 aromatic carbocycles. The molecule has 0 saturated carbocycles. The molecule has 1 N–H and O–H groups in total. The zero-order chi connectivity index (χ0) is 12.3. The first-order valence-corrected chi connectivity index (χ1v) is 6.19. The van der Waals surface area contributed by atoms with Gasteiger partial charge in [0.15, 0.2) is 0 Å². The van der Waals surface area contributed by atoms with Crippen LogP contribution in [0.25, 0.3) is 0 Å². The maximum absolute atomic E-state index is 6.13. The largest absolute Gasteiger partial charge is 0.377 e. The molecule has 2 aromatic rings. The van der Waals surface area contributed by atoms with Gasteiger partial charge in [-0.25, -0.2) is 0 Å². The predicted molar refractivity (Wildman–Crippen MR) is 74.9 cm³/mol. The first-order valence-electron chi connectivity index (χ1n) is 5.44. The zero-order valence-corrected chi connectivity index (χ0v) is 11.0. The molecule has 0 amide bonds. The summed E-state index contributed by atoms with van der Waals surface area (Å²) in [5, 5.41) is 4.48. The predicted octanol–water partition coefficient (Wildman–Crippen LogP) is 5.17. The molecule has 1 atom stereocenters. The SMILES string of the molecule is CC(Nc1cccc(Cl)c1Cl)c1ccccc1. The minimum absolute atomic E-state index is 0.187. The topological polar surface area (TPSA) is 12.0 Å². The van der Waals surface area contributed by atoms with E-state index in [1.807, 2.05) is 30.3 Å². The fourth-order valence-corrected chi connectivity index (χ4v) is 2.03. The number of nitrogens with one attached hydrogen (secondary N) is 1. The third-order valence-corrected chi connectivity index (χ3v) is 3.44. The van der Waals surface area contributed by atoms with Gasteiger partial charge in [0.25, 0.3) is 0 Å². The Bertz CT molecular complexity index is 497. The van der Waals surface area contributed by atoms with Crippen molar-refractivity contribution in [2.75, 3.05) is 5.32 Å². The van der Waals surface area contributed by atoms with E-state index in [4.69, 9.17) is 23.2 Å². The van der Waals surface area contributed by atoms with Crippen LogP contribution in [0.1, 0.15) is 18.5 Å². The van der Waals surface area contributed by atoms with Gasteiger partial charge >= 0.3 is 0 Å². The van der Waals surface area contributed by atoms with Gasteiger partial charge in [-0.15, -0.1) is 0 Å². The van der Waals surface area contributed by atoms with E-state index in [0.29, 0.717) is 10.0 Å². The van der Waals surface area contributed by atoms with E-state index in [1.165, 1.54) is 5.56 Å². The van der Waals surface area contributed by atoms with Crippen LogP contribution in [0.5, 0.6) is 0 Å². The van der Waals surface area contributed by atoms with Gasteiger partial charge in [0.05, 0.1) is 15.7 Å². The summed E-state index contributed by atoms with van der Waals surface area (Å²) < 4.78 is 0. The zero-order valence-electron chi connectivity index (χ0n) is 9.45. The van der Waals surface area contributed by atoms with E-state index in [1.54, 1.807) is 6.07 Å². The molecule has 0 aliphatic rings. The number of halogens is 2. The summed E-state index contributed by atoms with van der Waals surface area (Å²) in [6.07, 6.45) is 0. The fourth-order valence-electron chi connectivity index (χ4n) is 1.67. The number of hydrogen-bond donors (Lipinski definition) is 1. The molecule has 0 aliphatic carbocycles. The highest BCUT2D eigenvalue weighted by atomic mass is 35.5. The van der Waals surface area contributed by atoms with E-state index < -0.39 is 0 Å².